The first kappa shape index (κ1) is 27.5. The molecular weight excluding hydrogens is 569 g/mol. The zero-order valence-electron chi connectivity index (χ0n) is 19.8. The lowest BCUT2D eigenvalue weighted by Crippen LogP contribution is -2.17. The molecule has 3 N–H and O–H groups in total. The summed E-state index contributed by atoms with van der Waals surface area (Å²) in [5.41, 5.74) is 1.79. The molecule has 0 heterocycles. The van der Waals surface area contributed by atoms with E-state index in [4.69, 9.17) is 23.2 Å². The fraction of sp³-hybridized carbons (Fsp3) is 0.0385. The van der Waals surface area contributed by atoms with Crippen LogP contribution in [0, 0.1) is 6.92 Å². The highest BCUT2D eigenvalue weighted by molar-refractivity contribution is 7.93. The van der Waals surface area contributed by atoms with Crippen molar-refractivity contribution in [3.8, 4) is 0 Å². The van der Waals surface area contributed by atoms with Gasteiger partial charge in [0.2, 0.25) is 0 Å². The molecule has 0 bridgehead atoms. The van der Waals surface area contributed by atoms with E-state index in [9.17, 15) is 21.6 Å². The minimum absolute atomic E-state index is 0.0381. The monoisotopic (exact) mass is 589 g/mol. The molecule has 1 amide bonds. The fourth-order valence-corrected chi connectivity index (χ4v) is 6.33. The maximum absolute atomic E-state index is 13.0. The summed E-state index contributed by atoms with van der Waals surface area (Å²) >= 11 is 12.2. The van der Waals surface area contributed by atoms with Gasteiger partial charge < -0.3 is 5.32 Å². The largest absolute Gasteiger partial charge is 0.322 e. The Hall–Kier alpha value is -3.57. The molecule has 0 aliphatic carbocycles. The second-order valence-corrected chi connectivity index (χ2v) is 12.3. The molecule has 0 aromatic heterocycles. The Morgan fingerprint density at radius 2 is 1.39 bits per heavy atom. The summed E-state index contributed by atoms with van der Waals surface area (Å²) in [6.45, 7) is 1.83. The lowest BCUT2D eigenvalue weighted by Gasteiger charge is -2.12. The van der Waals surface area contributed by atoms with Gasteiger partial charge in [0.1, 0.15) is 4.90 Å². The van der Waals surface area contributed by atoms with Gasteiger partial charge in [-0.15, -0.1) is 0 Å². The van der Waals surface area contributed by atoms with E-state index in [-0.39, 0.29) is 31.1 Å². The minimum atomic E-state index is -4.09. The number of carbonyl (C=O) groups excluding carboxylic acids is 1. The van der Waals surface area contributed by atoms with Gasteiger partial charge in [0, 0.05) is 16.9 Å². The normalized spacial score (nSPS) is 11.6. The van der Waals surface area contributed by atoms with E-state index in [0.717, 1.165) is 5.56 Å². The molecule has 0 spiro atoms. The standard InChI is InChI=1S/C26H21Cl2N3O5S2/c1-17-5-4-6-20(15-17)30-38(35,36)25-16-18(9-14-23(25)28)26(32)29-19-10-12-21(13-11-19)37(33,34)31-24-8-3-2-7-22(24)27/h2-16,30-31H,1H3,(H,29,32). The Kier molecular flexibility index (Phi) is 7.98. The number of sulfonamides is 2. The number of nitrogens with one attached hydrogen (secondary N) is 3. The summed E-state index contributed by atoms with van der Waals surface area (Å²) in [6, 6.07) is 22.5. The van der Waals surface area contributed by atoms with Gasteiger partial charge >= 0.3 is 0 Å². The van der Waals surface area contributed by atoms with Gasteiger partial charge in [0.05, 0.1) is 20.6 Å². The van der Waals surface area contributed by atoms with Crippen LogP contribution in [0.4, 0.5) is 17.1 Å². The predicted octanol–water partition coefficient (Wildman–Crippen LogP) is 6.16. The molecule has 8 nitrogen and oxygen atoms in total. The van der Waals surface area contributed by atoms with Gasteiger partial charge in [-0.1, -0.05) is 47.5 Å². The fourth-order valence-electron chi connectivity index (χ4n) is 3.44. The topological polar surface area (TPSA) is 121 Å². The van der Waals surface area contributed by atoms with Crippen LogP contribution in [-0.2, 0) is 20.0 Å². The number of halogens is 2. The Bertz CT molecular complexity index is 1730. The summed E-state index contributed by atoms with van der Waals surface area (Å²) in [5.74, 6) is -0.613. The first-order chi connectivity index (χ1) is 17.9. The molecule has 0 aliphatic heterocycles. The van der Waals surface area contributed by atoms with Crippen molar-refractivity contribution >= 4 is 66.2 Å². The molecule has 0 saturated heterocycles. The van der Waals surface area contributed by atoms with Gasteiger partial charge in [-0.2, -0.15) is 0 Å². The van der Waals surface area contributed by atoms with E-state index in [2.05, 4.69) is 14.8 Å². The van der Waals surface area contributed by atoms with Gasteiger partial charge in [-0.05, 0) is 79.2 Å². The van der Waals surface area contributed by atoms with Crippen LogP contribution in [-0.4, -0.2) is 22.7 Å². The third-order valence-corrected chi connectivity index (χ3v) is 8.87. The van der Waals surface area contributed by atoms with Crippen LogP contribution in [0.1, 0.15) is 15.9 Å². The molecular formula is C26H21Cl2N3O5S2. The molecule has 0 aliphatic rings. The smallest absolute Gasteiger partial charge is 0.263 e. The van der Waals surface area contributed by atoms with Crippen molar-refractivity contribution < 1.29 is 21.6 Å². The van der Waals surface area contributed by atoms with Crippen LogP contribution < -0.4 is 14.8 Å². The summed E-state index contributed by atoms with van der Waals surface area (Å²) < 4.78 is 56.2. The molecule has 0 atom stereocenters. The molecule has 4 aromatic carbocycles. The lowest BCUT2D eigenvalue weighted by molar-refractivity contribution is 0.102. The quantitative estimate of drug-likeness (QED) is 0.227. The second-order valence-electron chi connectivity index (χ2n) is 8.18. The van der Waals surface area contributed by atoms with Crippen LogP contribution >= 0.6 is 23.2 Å². The third-order valence-electron chi connectivity index (χ3n) is 5.29. The zero-order chi connectivity index (χ0) is 27.5. The highest BCUT2D eigenvalue weighted by atomic mass is 35.5. The van der Waals surface area contributed by atoms with Gasteiger partial charge in [-0.25, -0.2) is 16.8 Å². The van der Waals surface area contributed by atoms with Crippen molar-refractivity contribution in [1.82, 2.24) is 0 Å². The number of para-hydroxylation sites is 1. The second kappa shape index (κ2) is 11.0. The Morgan fingerprint density at radius 3 is 2.08 bits per heavy atom. The molecule has 0 radical (unpaired) electrons. The van der Waals surface area contributed by atoms with Crippen molar-refractivity contribution in [2.24, 2.45) is 0 Å². The number of hydrogen-bond donors (Lipinski definition) is 3. The lowest BCUT2D eigenvalue weighted by atomic mass is 10.2. The molecule has 12 heteroatoms. The molecule has 0 fully saturated rings. The van der Waals surface area contributed by atoms with E-state index in [1.54, 1.807) is 36.4 Å². The number of amides is 1. The van der Waals surface area contributed by atoms with Crippen molar-refractivity contribution in [2.75, 3.05) is 14.8 Å². The SMILES string of the molecule is Cc1cccc(NS(=O)(=O)c2cc(C(=O)Nc3ccc(S(=O)(=O)Nc4ccccc4Cl)cc3)ccc2Cl)c1. The maximum atomic E-state index is 13.0. The number of anilines is 3. The summed E-state index contributed by atoms with van der Waals surface area (Å²) in [4.78, 5) is 12.5. The number of carbonyl (C=O) groups is 1. The van der Waals surface area contributed by atoms with E-state index < -0.39 is 26.0 Å². The highest BCUT2D eigenvalue weighted by Crippen LogP contribution is 2.27. The van der Waals surface area contributed by atoms with Crippen molar-refractivity contribution in [3.05, 3.63) is 112 Å². The molecule has 4 rings (SSSR count). The third kappa shape index (κ3) is 6.46. The average molecular weight is 591 g/mol. The molecule has 38 heavy (non-hydrogen) atoms. The first-order valence-electron chi connectivity index (χ1n) is 11.0. The van der Waals surface area contributed by atoms with Gasteiger partial charge in [0.15, 0.2) is 0 Å². The number of aryl methyl sites for hydroxylation is 1. The van der Waals surface area contributed by atoms with E-state index in [1.807, 2.05) is 13.0 Å². The summed E-state index contributed by atoms with van der Waals surface area (Å²) in [5, 5.41) is 2.81. The van der Waals surface area contributed by atoms with Crippen LogP contribution in [0.25, 0.3) is 0 Å². The Morgan fingerprint density at radius 1 is 0.684 bits per heavy atom. The molecule has 0 saturated carbocycles. The Balaban J connectivity index is 1.50. The van der Waals surface area contributed by atoms with Gasteiger partial charge in [0.25, 0.3) is 26.0 Å². The van der Waals surface area contributed by atoms with Gasteiger partial charge in [-0.3, -0.25) is 14.2 Å². The maximum Gasteiger partial charge on any atom is 0.263 e. The molecule has 4 aromatic rings. The Labute approximate surface area is 230 Å². The van der Waals surface area contributed by atoms with Crippen LogP contribution in [0.3, 0.4) is 0 Å². The average Bonchev–Trinajstić information content (AvgIpc) is 2.85. The van der Waals surface area contributed by atoms with Crippen molar-refractivity contribution in [1.29, 1.82) is 0 Å². The number of rotatable bonds is 8. The first-order valence-corrected chi connectivity index (χ1v) is 14.7. The predicted molar refractivity (Wildman–Crippen MR) is 150 cm³/mol. The van der Waals surface area contributed by atoms with E-state index in [1.165, 1.54) is 48.5 Å². The van der Waals surface area contributed by atoms with Crippen LogP contribution in [0.15, 0.2) is 101 Å². The molecule has 0 unspecified atom stereocenters. The summed E-state index contributed by atoms with van der Waals surface area (Å²) in [7, 11) is -8.01. The zero-order valence-corrected chi connectivity index (χ0v) is 22.9. The highest BCUT2D eigenvalue weighted by Gasteiger charge is 2.21. The number of benzene rings is 4. The van der Waals surface area contributed by atoms with Crippen molar-refractivity contribution in [3.63, 3.8) is 0 Å². The van der Waals surface area contributed by atoms with Crippen LogP contribution in [0.2, 0.25) is 10.0 Å². The number of hydrogen-bond acceptors (Lipinski definition) is 5. The van der Waals surface area contributed by atoms with Crippen molar-refractivity contribution in [2.45, 2.75) is 16.7 Å². The van der Waals surface area contributed by atoms with E-state index in [0.29, 0.717) is 11.4 Å². The van der Waals surface area contributed by atoms with Crippen LogP contribution in [0.5, 0.6) is 0 Å². The summed E-state index contributed by atoms with van der Waals surface area (Å²) in [6.07, 6.45) is 0. The minimum Gasteiger partial charge on any atom is -0.322 e. The van der Waals surface area contributed by atoms with E-state index >= 15 is 0 Å². The molecule has 196 valence electrons.